The third-order valence-corrected chi connectivity index (χ3v) is 4.48. The summed E-state index contributed by atoms with van der Waals surface area (Å²) in [6.45, 7) is 0. The molecule has 0 radical (unpaired) electrons. The predicted octanol–water partition coefficient (Wildman–Crippen LogP) is 3.38. The molecule has 0 heterocycles. The van der Waals surface area contributed by atoms with Gasteiger partial charge in [-0.25, -0.2) is 0 Å². The van der Waals surface area contributed by atoms with E-state index in [0.29, 0.717) is 22.9 Å². The Morgan fingerprint density at radius 1 is 0.917 bits per heavy atom. The number of hydrogen-bond acceptors (Lipinski definition) is 4. The van der Waals surface area contributed by atoms with Crippen LogP contribution in [0.4, 0.5) is 5.69 Å². The number of carbonyl (C=O) groups is 1. The Bertz CT molecular complexity index is 753. The maximum atomic E-state index is 12.9. The minimum atomic E-state index is -0.513. The van der Waals surface area contributed by atoms with Crippen LogP contribution >= 0.6 is 0 Å². The second kappa shape index (κ2) is 6.43. The summed E-state index contributed by atoms with van der Waals surface area (Å²) >= 11 is 0. The van der Waals surface area contributed by atoms with Gasteiger partial charge >= 0.3 is 0 Å². The Morgan fingerprint density at radius 2 is 1.58 bits per heavy atom. The van der Waals surface area contributed by atoms with Gasteiger partial charge in [0, 0.05) is 0 Å². The van der Waals surface area contributed by atoms with Crippen molar-refractivity contribution in [3.05, 3.63) is 48.0 Å². The van der Waals surface area contributed by atoms with Crippen LogP contribution in [-0.2, 0) is 10.2 Å². The number of carbonyl (C=O) groups excluding carboxylic acids is 1. The Hall–Kier alpha value is -2.69. The van der Waals surface area contributed by atoms with Crippen LogP contribution in [0.5, 0.6) is 17.2 Å². The van der Waals surface area contributed by atoms with Crippen molar-refractivity contribution in [3.8, 4) is 17.2 Å². The van der Waals surface area contributed by atoms with Crippen molar-refractivity contribution in [2.75, 3.05) is 26.6 Å². The van der Waals surface area contributed by atoms with E-state index < -0.39 is 5.41 Å². The Kier molecular flexibility index (Phi) is 4.34. The number of nitrogens with one attached hydrogen (secondary N) is 1. The summed E-state index contributed by atoms with van der Waals surface area (Å²) in [7, 11) is 4.78. The highest BCUT2D eigenvalue weighted by molar-refractivity contribution is 6.02. The van der Waals surface area contributed by atoms with E-state index in [1.807, 2.05) is 42.5 Å². The van der Waals surface area contributed by atoms with Crippen molar-refractivity contribution in [2.45, 2.75) is 18.3 Å². The van der Waals surface area contributed by atoms with Crippen molar-refractivity contribution >= 4 is 11.6 Å². The van der Waals surface area contributed by atoms with Crippen molar-refractivity contribution in [1.82, 2.24) is 0 Å². The SMILES string of the molecule is COc1ccccc1NC(=O)C1(c2ccc(OC)c(OC)c2)CC1. The smallest absolute Gasteiger partial charge is 0.235 e. The molecule has 1 aliphatic rings. The van der Waals surface area contributed by atoms with Crippen molar-refractivity contribution < 1.29 is 19.0 Å². The standard InChI is InChI=1S/C19H21NO4/c1-22-15-7-5-4-6-14(15)20-18(21)19(10-11-19)13-8-9-16(23-2)17(12-13)24-3/h4-9,12H,10-11H2,1-3H3,(H,20,21). The summed E-state index contributed by atoms with van der Waals surface area (Å²) in [5.74, 6) is 1.90. The van der Waals surface area contributed by atoms with Gasteiger partial charge in [0.2, 0.25) is 5.91 Å². The lowest BCUT2D eigenvalue weighted by molar-refractivity contribution is -0.118. The average Bonchev–Trinajstić information content (AvgIpc) is 3.43. The van der Waals surface area contributed by atoms with Crippen molar-refractivity contribution in [1.29, 1.82) is 0 Å². The number of rotatable bonds is 6. The van der Waals surface area contributed by atoms with Gasteiger partial charge in [0.15, 0.2) is 11.5 Å². The molecule has 3 rings (SSSR count). The lowest BCUT2D eigenvalue weighted by Gasteiger charge is -2.18. The molecule has 24 heavy (non-hydrogen) atoms. The Morgan fingerprint density at radius 3 is 2.21 bits per heavy atom. The molecule has 1 amide bonds. The van der Waals surface area contributed by atoms with E-state index in [-0.39, 0.29) is 5.91 Å². The van der Waals surface area contributed by atoms with Crippen LogP contribution in [0.3, 0.4) is 0 Å². The van der Waals surface area contributed by atoms with Crippen molar-refractivity contribution in [3.63, 3.8) is 0 Å². The highest BCUT2D eigenvalue weighted by Gasteiger charge is 2.51. The monoisotopic (exact) mass is 327 g/mol. The van der Waals surface area contributed by atoms with Gasteiger partial charge in [-0.3, -0.25) is 4.79 Å². The zero-order chi connectivity index (χ0) is 17.2. The lowest BCUT2D eigenvalue weighted by atomic mass is 9.94. The number of amides is 1. The minimum absolute atomic E-state index is 0.0285. The summed E-state index contributed by atoms with van der Waals surface area (Å²) < 4.78 is 15.9. The van der Waals surface area contributed by atoms with Gasteiger partial charge in [-0.1, -0.05) is 18.2 Å². The molecule has 0 spiro atoms. The summed E-state index contributed by atoms with van der Waals surface area (Å²) in [6, 6.07) is 13.0. The number of methoxy groups -OCH3 is 3. The van der Waals surface area contributed by atoms with Crippen LogP contribution in [0.25, 0.3) is 0 Å². The molecule has 5 heteroatoms. The largest absolute Gasteiger partial charge is 0.495 e. The molecule has 5 nitrogen and oxygen atoms in total. The molecule has 1 fully saturated rings. The lowest BCUT2D eigenvalue weighted by Crippen LogP contribution is -2.28. The van der Waals surface area contributed by atoms with Crippen LogP contribution in [0.2, 0.25) is 0 Å². The van der Waals surface area contributed by atoms with Crippen LogP contribution in [0.15, 0.2) is 42.5 Å². The van der Waals surface area contributed by atoms with Gasteiger partial charge in [-0.2, -0.15) is 0 Å². The minimum Gasteiger partial charge on any atom is -0.495 e. The van der Waals surface area contributed by atoms with Crippen LogP contribution < -0.4 is 19.5 Å². The van der Waals surface area contributed by atoms with E-state index >= 15 is 0 Å². The van der Waals surface area contributed by atoms with E-state index in [1.165, 1.54) is 0 Å². The molecule has 0 bridgehead atoms. The first-order valence-electron chi connectivity index (χ1n) is 7.81. The zero-order valence-corrected chi connectivity index (χ0v) is 14.1. The second-order valence-corrected chi connectivity index (χ2v) is 5.81. The topological polar surface area (TPSA) is 56.8 Å². The number of para-hydroxylation sites is 2. The highest BCUT2D eigenvalue weighted by atomic mass is 16.5. The molecule has 2 aromatic rings. The highest BCUT2D eigenvalue weighted by Crippen LogP contribution is 2.50. The van der Waals surface area contributed by atoms with Gasteiger partial charge in [-0.05, 0) is 42.7 Å². The molecular weight excluding hydrogens is 306 g/mol. The third-order valence-electron chi connectivity index (χ3n) is 4.48. The molecule has 0 saturated heterocycles. The van der Waals surface area contributed by atoms with Gasteiger partial charge in [0.05, 0.1) is 32.4 Å². The normalized spacial score (nSPS) is 14.6. The van der Waals surface area contributed by atoms with E-state index in [9.17, 15) is 4.79 Å². The molecule has 0 unspecified atom stereocenters. The number of benzene rings is 2. The maximum absolute atomic E-state index is 12.9. The van der Waals surface area contributed by atoms with Crippen LogP contribution in [0.1, 0.15) is 18.4 Å². The van der Waals surface area contributed by atoms with E-state index in [4.69, 9.17) is 14.2 Å². The quantitative estimate of drug-likeness (QED) is 0.884. The first kappa shape index (κ1) is 16.2. The molecule has 0 aromatic heterocycles. The molecule has 2 aromatic carbocycles. The van der Waals surface area contributed by atoms with E-state index in [2.05, 4.69) is 5.32 Å². The number of ether oxygens (including phenoxy) is 3. The fourth-order valence-electron chi connectivity index (χ4n) is 2.90. The van der Waals surface area contributed by atoms with Crippen LogP contribution in [-0.4, -0.2) is 27.2 Å². The van der Waals surface area contributed by atoms with E-state index in [1.54, 1.807) is 21.3 Å². The number of anilines is 1. The summed E-state index contributed by atoms with van der Waals surface area (Å²) in [5, 5.41) is 2.99. The average molecular weight is 327 g/mol. The fourth-order valence-corrected chi connectivity index (χ4v) is 2.90. The van der Waals surface area contributed by atoms with Crippen molar-refractivity contribution in [2.24, 2.45) is 0 Å². The molecule has 0 aliphatic heterocycles. The van der Waals surface area contributed by atoms with Gasteiger partial charge in [0.1, 0.15) is 5.75 Å². The molecule has 126 valence electrons. The Labute approximate surface area is 141 Å². The third kappa shape index (κ3) is 2.77. The van der Waals surface area contributed by atoms with Gasteiger partial charge in [0.25, 0.3) is 0 Å². The maximum Gasteiger partial charge on any atom is 0.235 e. The summed E-state index contributed by atoms with van der Waals surface area (Å²) in [5.41, 5.74) is 1.10. The summed E-state index contributed by atoms with van der Waals surface area (Å²) in [6.07, 6.45) is 1.62. The summed E-state index contributed by atoms with van der Waals surface area (Å²) in [4.78, 5) is 12.9. The second-order valence-electron chi connectivity index (χ2n) is 5.81. The molecule has 1 aliphatic carbocycles. The van der Waals surface area contributed by atoms with Gasteiger partial charge in [-0.15, -0.1) is 0 Å². The molecule has 1 N–H and O–H groups in total. The van der Waals surface area contributed by atoms with E-state index in [0.717, 1.165) is 18.4 Å². The zero-order valence-electron chi connectivity index (χ0n) is 14.1. The fraction of sp³-hybridized carbons (Fsp3) is 0.316. The molecular formula is C19H21NO4. The molecule has 0 atom stereocenters. The van der Waals surface area contributed by atoms with Crippen LogP contribution in [0, 0.1) is 0 Å². The van der Waals surface area contributed by atoms with Gasteiger partial charge < -0.3 is 19.5 Å². The predicted molar refractivity (Wildman–Crippen MR) is 92.1 cm³/mol. The molecule has 1 saturated carbocycles. The number of hydrogen-bond donors (Lipinski definition) is 1. The Balaban J connectivity index is 1.87. The first-order valence-corrected chi connectivity index (χ1v) is 7.81. The first-order chi connectivity index (χ1) is 11.6.